The van der Waals surface area contributed by atoms with Gasteiger partial charge in [0, 0.05) is 29.2 Å². The lowest BCUT2D eigenvalue weighted by molar-refractivity contribution is 0.400. The van der Waals surface area contributed by atoms with Crippen LogP contribution in [0.3, 0.4) is 0 Å². The highest BCUT2D eigenvalue weighted by Crippen LogP contribution is 2.35. The van der Waals surface area contributed by atoms with Crippen LogP contribution in [0.25, 0.3) is 22.0 Å². The van der Waals surface area contributed by atoms with Gasteiger partial charge in [0.25, 0.3) is 10.0 Å². The lowest BCUT2D eigenvalue weighted by Gasteiger charge is -2.26. The van der Waals surface area contributed by atoms with Crippen molar-refractivity contribution in [1.29, 1.82) is 5.26 Å². The Morgan fingerprint density at radius 3 is 2.56 bits per heavy atom. The number of hydrogen-bond acceptors (Lipinski definition) is 9. The van der Waals surface area contributed by atoms with Gasteiger partial charge in [-0.2, -0.15) is 10.2 Å². The van der Waals surface area contributed by atoms with Crippen molar-refractivity contribution < 1.29 is 13.2 Å². The maximum Gasteiger partial charge on any atom is 0.264 e. The van der Waals surface area contributed by atoms with E-state index in [2.05, 4.69) is 20.0 Å². The normalized spacial score (nSPS) is 17.4. The molecule has 4 aromatic rings. The van der Waals surface area contributed by atoms with Crippen LogP contribution >= 0.6 is 0 Å². The van der Waals surface area contributed by atoms with Crippen molar-refractivity contribution in [2.75, 3.05) is 17.1 Å². The third-order valence-electron chi connectivity index (χ3n) is 6.91. The monoisotopic (exact) mass is 543 g/mol. The molecule has 2 aromatic heterocycles. The lowest BCUT2D eigenvalue weighted by atomic mass is 9.92. The van der Waals surface area contributed by atoms with E-state index in [-0.39, 0.29) is 28.2 Å². The molecule has 0 spiro atoms. The van der Waals surface area contributed by atoms with Crippen molar-refractivity contribution in [1.82, 2.24) is 15.0 Å². The summed E-state index contributed by atoms with van der Waals surface area (Å²) < 4.78 is 33.9. The minimum absolute atomic E-state index is 0.0453. The standard InChI is InChI=1S/C28H29N7O3S/c1-17-13-24-19(16-31-28(33-24)32-21-9-7-20(30)8-10-21)14-23(17)22-11-12-26(34-27(22)38-2)35-39(36,37)25-6-4-3-5-18(25)15-29/h3-6,11-14,16,20-21H,7-10,30H2,1-2H3,(H,34,35)(H,31,32,33). The summed E-state index contributed by atoms with van der Waals surface area (Å²) in [6.07, 6.45) is 5.79. The van der Waals surface area contributed by atoms with Crippen LogP contribution in [-0.4, -0.2) is 42.6 Å². The van der Waals surface area contributed by atoms with Gasteiger partial charge in [-0.25, -0.2) is 18.4 Å². The molecule has 0 bridgehead atoms. The van der Waals surface area contributed by atoms with E-state index in [4.69, 9.17) is 15.5 Å². The summed E-state index contributed by atoms with van der Waals surface area (Å²) in [6, 6.07) is 15.8. The van der Waals surface area contributed by atoms with E-state index in [9.17, 15) is 13.7 Å². The first-order valence-corrected chi connectivity index (χ1v) is 14.1. The fourth-order valence-corrected chi connectivity index (χ4v) is 5.99. The minimum Gasteiger partial charge on any atom is -0.480 e. The SMILES string of the molecule is COc1nc(NS(=O)(=O)c2ccccc2C#N)ccc1-c1cc2cnc(NC3CCC(N)CC3)nc2cc1C. The average molecular weight is 544 g/mol. The highest BCUT2D eigenvalue weighted by molar-refractivity contribution is 7.92. The largest absolute Gasteiger partial charge is 0.480 e. The number of hydrogen-bond donors (Lipinski definition) is 3. The van der Waals surface area contributed by atoms with E-state index in [1.165, 1.54) is 19.2 Å². The first-order valence-electron chi connectivity index (χ1n) is 12.6. The predicted molar refractivity (Wildman–Crippen MR) is 150 cm³/mol. The van der Waals surface area contributed by atoms with Crippen LogP contribution in [-0.2, 0) is 10.0 Å². The first-order chi connectivity index (χ1) is 18.8. The summed E-state index contributed by atoms with van der Waals surface area (Å²) in [5.41, 5.74) is 9.39. The maximum absolute atomic E-state index is 12.9. The number of pyridine rings is 1. The van der Waals surface area contributed by atoms with Crippen LogP contribution in [0, 0.1) is 18.3 Å². The van der Waals surface area contributed by atoms with Gasteiger partial charge < -0.3 is 15.8 Å². The second-order valence-corrected chi connectivity index (χ2v) is 11.3. The average Bonchev–Trinajstić information content (AvgIpc) is 2.93. The van der Waals surface area contributed by atoms with Crippen molar-refractivity contribution in [3.8, 4) is 23.1 Å². The van der Waals surface area contributed by atoms with Crippen molar-refractivity contribution in [2.45, 2.75) is 49.6 Å². The fourth-order valence-electron chi connectivity index (χ4n) is 4.83. The predicted octanol–water partition coefficient (Wildman–Crippen LogP) is 4.36. The third kappa shape index (κ3) is 5.62. The molecule has 4 N–H and O–H groups in total. The second kappa shape index (κ2) is 10.8. The second-order valence-electron chi connectivity index (χ2n) is 9.64. The number of methoxy groups -OCH3 is 1. The van der Waals surface area contributed by atoms with Gasteiger partial charge in [-0.3, -0.25) is 4.72 Å². The number of nitrogens with two attached hydrogens (primary N) is 1. The number of nitriles is 1. The summed E-state index contributed by atoms with van der Waals surface area (Å²) in [6.45, 7) is 1.97. The number of nitrogens with one attached hydrogen (secondary N) is 2. The lowest BCUT2D eigenvalue weighted by Crippen LogP contribution is -2.33. The maximum atomic E-state index is 12.9. The Labute approximate surface area is 227 Å². The Morgan fingerprint density at radius 1 is 1.05 bits per heavy atom. The van der Waals surface area contributed by atoms with Gasteiger partial charge in [-0.05, 0) is 80.1 Å². The molecule has 11 heteroatoms. The van der Waals surface area contributed by atoms with Gasteiger partial charge in [0.1, 0.15) is 16.8 Å². The summed E-state index contributed by atoms with van der Waals surface area (Å²) in [5.74, 6) is 0.925. The van der Waals surface area contributed by atoms with Crippen molar-refractivity contribution >= 4 is 32.7 Å². The molecule has 10 nitrogen and oxygen atoms in total. The third-order valence-corrected chi connectivity index (χ3v) is 8.32. The Hall–Kier alpha value is -4.27. The molecule has 1 fully saturated rings. The molecule has 1 aliphatic rings. The molecule has 0 atom stereocenters. The minimum atomic E-state index is -4.03. The smallest absolute Gasteiger partial charge is 0.264 e. The zero-order valence-corrected chi connectivity index (χ0v) is 22.5. The Morgan fingerprint density at radius 2 is 1.82 bits per heavy atom. The number of sulfonamides is 1. The van der Waals surface area contributed by atoms with Gasteiger partial charge in [0.15, 0.2) is 0 Å². The van der Waals surface area contributed by atoms with Gasteiger partial charge in [-0.15, -0.1) is 0 Å². The quantitative estimate of drug-likeness (QED) is 0.308. The van der Waals surface area contributed by atoms with Crippen LogP contribution in [0.5, 0.6) is 5.88 Å². The van der Waals surface area contributed by atoms with Gasteiger partial charge in [0.05, 0.1) is 18.2 Å². The Bertz CT molecular complexity index is 1680. The van der Waals surface area contributed by atoms with Crippen LogP contribution in [0.2, 0.25) is 0 Å². The number of fused-ring (bicyclic) bond motifs is 1. The molecular weight excluding hydrogens is 514 g/mol. The molecule has 0 amide bonds. The first kappa shape index (κ1) is 26.3. The molecule has 200 valence electrons. The van der Waals surface area contributed by atoms with Crippen LogP contribution < -0.4 is 20.5 Å². The van der Waals surface area contributed by atoms with Crippen LogP contribution in [0.4, 0.5) is 11.8 Å². The number of benzene rings is 2. The van der Waals surface area contributed by atoms with Crippen LogP contribution in [0.1, 0.15) is 36.8 Å². The van der Waals surface area contributed by atoms with E-state index >= 15 is 0 Å². The zero-order valence-electron chi connectivity index (χ0n) is 21.7. The van der Waals surface area contributed by atoms with E-state index in [1.54, 1.807) is 30.5 Å². The number of aryl methyl sites for hydroxylation is 1. The molecule has 1 aliphatic carbocycles. The topological polar surface area (TPSA) is 156 Å². The van der Waals surface area contributed by atoms with Gasteiger partial charge in [-0.1, -0.05) is 12.1 Å². The molecule has 1 saturated carbocycles. The van der Waals surface area contributed by atoms with Crippen molar-refractivity contribution in [2.24, 2.45) is 5.73 Å². The number of anilines is 2. The van der Waals surface area contributed by atoms with Crippen LogP contribution in [0.15, 0.2) is 59.6 Å². The van der Waals surface area contributed by atoms with E-state index in [1.807, 2.05) is 25.1 Å². The number of ether oxygens (including phenoxy) is 1. The number of nitrogens with zero attached hydrogens (tertiary/aromatic N) is 4. The van der Waals surface area contributed by atoms with E-state index in [0.717, 1.165) is 47.7 Å². The molecule has 0 radical (unpaired) electrons. The van der Waals surface area contributed by atoms with E-state index in [0.29, 0.717) is 17.6 Å². The molecule has 39 heavy (non-hydrogen) atoms. The molecule has 2 heterocycles. The number of rotatable bonds is 7. The molecule has 0 saturated heterocycles. The van der Waals surface area contributed by atoms with Gasteiger partial charge >= 0.3 is 0 Å². The van der Waals surface area contributed by atoms with Gasteiger partial charge in [0.2, 0.25) is 11.8 Å². The summed E-state index contributed by atoms with van der Waals surface area (Å²) in [5, 5.41) is 13.6. The highest BCUT2D eigenvalue weighted by Gasteiger charge is 2.21. The van der Waals surface area contributed by atoms with Crippen molar-refractivity contribution in [3.63, 3.8) is 0 Å². The molecule has 0 unspecified atom stereocenters. The Kier molecular flexibility index (Phi) is 7.32. The molecule has 2 aromatic carbocycles. The molecular formula is C28H29N7O3S. The number of aromatic nitrogens is 3. The highest BCUT2D eigenvalue weighted by atomic mass is 32.2. The summed E-state index contributed by atoms with van der Waals surface area (Å²) >= 11 is 0. The molecule has 5 rings (SSSR count). The summed E-state index contributed by atoms with van der Waals surface area (Å²) in [4.78, 5) is 13.5. The zero-order chi connectivity index (χ0) is 27.6. The molecule has 0 aliphatic heterocycles. The summed E-state index contributed by atoms with van der Waals surface area (Å²) in [7, 11) is -2.56. The van der Waals surface area contributed by atoms with E-state index < -0.39 is 10.0 Å². The van der Waals surface area contributed by atoms with Crippen molar-refractivity contribution in [3.05, 3.63) is 65.9 Å². The Balaban J connectivity index is 1.42. The fraction of sp³-hybridized carbons (Fsp3) is 0.286.